The van der Waals surface area contributed by atoms with E-state index in [1.807, 2.05) is 13.8 Å². The molecular weight excluding hydrogens is 661 g/mol. The number of rotatable bonds is 15. The summed E-state index contributed by atoms with van der Waals surface area (Å²) in [7, 11) is 0. The first-order chi connectivity index (χ1) is 22.6. The lowest BCUT2D eigenvalue weighted by atomic mass is 9.80. The summed E-state index contributed by atoms with van der Waals surface area (Å²) in [5.41, 5.74) is 1.04. The molecule has 3 rings (SSSR count). The Bertz CT molecular complexity index is 1130. The van der Waals surface area contributed by atoms with E-state index in [0.717, 1.165) is 5.57 Å². The van der Waals surface area contributed by atoms with Gasteiger partial charge in [0.1, 0.15) is 30.5 Å². The minimum Gasteiger partial charge on any atom is -0.463 e. The van der Waals surface area contributed by atoms with Gasteiger partial charge in [0.05, 0.1) is 50.2 Å². The maximum atomic E-state index is 13.3. The van der Waals surface area contributed by atoms with Crippen LogP contribution in [-0.2, 0) is 42.7 Å². The summed E-state index contributed by atoms with van der Waals surface area (Å²) in [5.74, 6) is -3.26. The summed E-state index contributed by atoms with van der Waals surface area (Å²) >= 11 is 0. The molecule has 12 atom stereocenters. The maximum absolute atomic E-state index is 13.3. The zero-order valence-electron chi connectivity index (χ0n) is 29.3. The number of esters is 2. The van der Waals surface area contributed by atoms with Gasteiger partial charge in [-0.2, -0.15) is 13.2 Å². The van der Waals surface area contributed by atoms with Crippen molar-refractivity contribution in [1.82, 2.24) is 0 Å². The third-order valence-corrected chi connectivity index (χ3v) is 9.03. The second-order valence-corrected chi connectivity index (χ2v) is 14.4. The quantitative estimate of drug-likeness (QED) is 0.110. The number of halogens is 3. The molecule has 1 heterocycles. The number of alkyl halides is 3. The van der Waals surface area contributed by atoms with Crippen molar-refractivity contribution in [3.8, 4) is 0 Å². The van der Waals surface area contributed by atoms with Gasteiger partial charge < -0.3 is 53.6 Å². The van der Waals surface area contributed by atoms with Crippen LogP contribution in [0.5, 0.6) is 0 Å². The van der Waals surface area contributed by atoms with Crippen molar-refractivity contribution in [3.05, 3.63) is 11.6 Å². The third kappa shape index (κ3) is 11.0. The second-order valence-electron chi connectivity index (χ2n) is 14.4. The number of aliphatic hydroxyl groups excluding tert-OH is 4. The van der Waals surface area contributed by atoms with Crippen molar-refractivity contribution < 1.29 is 76.3 Å². The fourth-order valence-corrected chi connectivity index (χ4v) is 6.35. The first kappa shape index (κ1) is 41.5. The van der Waals surface area contributed by atoms with Crippen LogP contribution in [0.3, 0.4) is 0 Å². The van der Waals surface area contributed by atoms with Crippen LogP contribution < -0.4 is 0 Å². The fraction of sp³-hybridized carbons (Fsp3) is 0.879. The van der Waals surface area contributed by atoms with Crippen LogP contribution in [-0.4, -0.2) is 132 Å². The normalized spacial score (nSPS) is 36.0. The van der Waals surface area contributed by atoms with Gasteiger partial charge in [-0.3, -0.25) is 4.79 Å². The molecule has 2 saturated carbocycles. The molecular formula is C33H53F3O13. The van der Waals surface area contributed by atoms with Gasteiger partial charge in [-0.05, 0) is 59.3 Å². The van der Waals surface area contributed by atoms with Crippen LogP contribution in [0.1, 0.15) is 61.8 Å². The van der Waals surface area contributed by atoms with Crippen LogP contribution >= 0.6 is 0 Å². The Morgan fingerprint density at radius 1 is 0.857 bits per heavy atom. The molecule has 4 unspecified atom stereocenters. The predicted octanol–water partition coefficient (Wildman–Crippen LogP) is 2.05. The largest absolute Gasteiger partial charge is 0.463 e. The molecule has 16 heteroatoms. The van der Waals surface area contributed by atoms with Crippen molar-refractivity contribution in [3.63, 3.8) is 0 Å². The summed E-state index contributed by atoms with van der Waals surface area (Å²) in [6.45, 7) is 12.2. The summed E-state index contributed by atoms with van der Waals surface area (Å²) in [5, 5.41) is 43.1. The van der Waals surface area contributed by atoms with E-state index >= 15 is 0 Å². The topological polar surface area (TPSA) is 180 Å². The number of allylic oxidation sites excluding steroid dienone is 2. The molecule has 0 spiro atoms. The highest BCUT2D eigenvalue weighted by Crippen LogP contribution is 2.59. The Morgan fingerprint density at radius 2 is 1.45 bits per heavy atom. The van der Waals surface area contributed by atoms with E-state index in [9.17, 15) is 43.2 Å². The lowest BCUT2D eigenvalue weighted by molar-refractivity contribution is -0.309. The zero-order chi connectivity index (χ0) is 37.0. The van der Waals surface area contributed by atoms with Crippen LogP contribution in [0.4, 0.5) is 13.2 Å². The van der Waals surface area contributed by atoms with E-state index in [0.29, 0.717) is 0 Å². The lowest BCUT2D eigenvalue weighted by Crippen LogP contribution is -2.62. The number of carbonyl (C=O) groups is 2. The van der Waals surface area contributed by atoms with Gasteiger partial charge in [-0.25, -0.2) is 4.79 Å². The molecule has 0 bridgehead atoms. The number of aliphatic hydroxyl groups is 4. The van der Waals surface area contributed by atoms with Gasteiger partial charge in [0.15, 0.2) is 19.0 Å². The van der Waals surface area contributed by atoms with Crippen molar-refractivity contribution in [1.29, 1.82) is 0 Å². The molecule has 1 aliphatic heterocycles. The van der Waals surface area contributed by atoms with E-state index in [1.165, 1.54) is 0 Å². The lowest BCUT2D eigenvalue weighted by Gasteiger charge is -2.42. The van der Waals surface area contributed by atoms with Crippen LogP contribution in [0.15, 0.2) is 11.6 Å². The Labute approximate surface area is 285 Å². The molecule has 2 aliphatic carbocycles. The van der Waals surface area contributed by atoms with Crippen LogP contribution in [0.2, 0.25) is 0 Å². The zero-order valence-corrected chi connectivity index (χ0v) is 29.3. The van der Waals surface area contributed by atoms with E-state index in [-0.39, 0.29) is 43.5 Å². The summed E-state index contributed by atoms with van der Waals surface area (Å²) in [4.78, 5) is 26.0. The predicted molar refractivity (Wildman–Crippen MR) is 165 cm³/mol. The van der Waals surface area contributed by atoms with Gasteiger partial charge in [-0.15, -0.1) is 0 Å². The van der Waals surface area contributed by atoms with Crippen molar-refractivity contribution >= 4 is 11.9 Å². The van der Waals surface area contributed by atoms with Gasteiger partial charge in [0, 0.05) is 5.92 Å². The monoisotopic (exact) mass is 714 g/mol. The molecule has 13 nitrogen and oxygen atoms in total. The Balaban J connectivity index is 1.66. The summed E-state index contributed by atoms with van der Waals surface area (Å²) in [6.07, 6.45) is -17.5. The molecule has 0 aromatic heterocycles. The smallest absolute Gasteiger partial charge is 0.422 e. The fourth-order valence-electron chi connectivity index (χ4n) is 6.35. The highest BCUT2D eigenvalue weighted by molar-refractivity contribution is 5.76. The first-order valence-corrected chi connectivity index (χ1v) is 16.6. The average Bonchev–Trinajstić information content (AvgIpc) is 3.50. The van der Waals surface area contributed by atoms with Crippen LogP contribution in [0, 0.1) is 23.2 Å². The Hall–Kier alpha value is -1.89. The minimum absolute atomic E-state index is 0.0540. The highest BCUT2D eigenvalue weighted by atomic mass is 19.4. The minimum atomic E-state index is -4.78. The molecule has 1 saturated heterocycles. The molecule has 0 aromatic carbocycles. The number of ether oxygens (including phenoxy) is 7. The van der Waals surface area contributed by atoms with Crippen molar-refractivity contribution in [2.24, 2.45) is 23.2 Å². The van der Waals surface area contributed by atoms with Gasteiger partial charge in [0.25, 0.3) is 0 Å². The first-order valence-electron chi connectivity index (χ1n) is 16.6. The van der Waals surface area contributed by atoms with E-state index in [4.69, 9.17) is 28.4 Å². The number of carbonyl (C=O) groups excluding carboxylic acids is 2. The SMILES string of the molecule is CC(C)=CC1C(COC(=O)C2O[C@@H](OC(C)C)[C@@H](O)[C@@H](O)[C@@H]2OCCO[C@@H]2CC(C(=O)OCC(F)(F)F)[C@@H](OC(C)C)[C@H](O)[C@@H]2O)C1(C)C. The highest BCUT2D eigenvalue weighted by Gasteiger charge is 2.57. The summed E-state index contributed by atoms with van der Waals surface area (Å²) < 4.78 is 76.5. The average molecular weight is 715 g/mol. The summed E-state index contributed by atoms with van der Waals surface area (Å²) in [6, 6.07) is 0. The van der Waals surface area contributed by atoms with E-state index in [2.05, 4.69) is 24.7 Å². The molecule has 3 aliphatic rings. The van der Waals surface area contributed by atoms with Crippen LogP contribution in [0.25, 0.3) is 0 Å². The molecule has 3 fully saturated rings. The van der Waals surface area contributed by atoms with E-state index < -0.39 is 98.0 Å². The van der Waals surface area contributed by atoms with Crippen molar-refractivity contribution in [2.45, 2.75) is 135 Å². The maximum Gasteiger partial charge on any atom is 0.422 e. The standard InChI is InChI=1S/C33H53F3O13/c1-15(2)11-19-20(32(19,7)8)13-45-30(42)28-27(24(39)25(40)31(49-28)48-17(5)6)44-10-9-43-21-12-18(29(41)46-14-33(34,35)36)26(47-16(3)4)23(38)22(21)37/h11,16-28,31,37-40H,9-10,12-14H2,1-8H3/t18?,19?,20?,21-,22-,23-,24-,25+,26-,27+,28?,31-/m1/s1. The molecule has 49 heavy (non-hydrogen) atoms. The van der Waals surface area contributed by atoms with Gasteiger partial charge in [-0.1, -0.05) is 25.5 Å². The molecule has 0 aromatic rings. The Kier molecular flexibility index (Phi) is 14.5. The van der Waals surface area contributed by atoms with Gasteiger partial charge in [0.2, 0.25) is 0 Å². The third-order valence-electron chi connectivity index (χ3n) is 9.03. The molecule has 284 valence electrons. The molecule has 4 N–H and O–H groups in total. The molecule has 0 amide bonds. The van der Waals surface area contributed by atoms with Crippen molar-refractivity contribution in [2.75, 3.05) is 26.4 Å². The van der Waals surface area contributed by atoms with Gasteiger partial charge >= 0.3 is 18.1 Å². The Morgan fingerprint density at radius 3 is 2.02 bits per heavy atom. The van der Waals surface area contributed by atoms with E-state index in [1.54, 1.807) is 27.7 Å². The number of hydrogen-bond acceptors (Lipinski definition) is 13. The molecule has 0 radical (unpaired) electrons. The number of hydrogen-bond donors (Lipinski definition) is 4. The second kappa shape index (κ2) is 17.1.